The van der Waals surface area contributed by atoms with Crippen LogP contribution in [0.25, 0.3) is 0 Å². The minimum atomic E-state index is -0.178. The van der Waals surface area contributed by atoms with Crippen molar-refractivity contribution < 1.29 is 9.53 Å². The molecule has 5 heteroatoms. The van der Waals surface area contributed by atoms with Crippen LogP contribution in [-0.4, -0.2) is 22.5 Å². The summed E-state index contributed by atoms with van der Waals surface area (Å²) in [5, 5.41) is 2.74. The lowest BCUT2D eigenvalue weighted by molar-refractivity contribution is -0.123. The van der Waals surface area contributed by atoms with Crippen LogP contribution in [0.5, 0.6) is 5.75 Å². The lowest BCUT2D eigenvalue weighted by atomic mass is 10.3. The smallest absolute Gasteiger partial charge is 0.258 e. The van der Waals surface area contributed by atoms with Crippen LogP contribution in [0.3, 0.4) is 0 Å². The highest BCUT2D eigenvalue weighted by atomic mass is 16.5. The molecule has 0 aliphatic rings. The second kappa shape index (κ2) is 6.34. The van der Waals surface area contributed by atoms with Crippen LogP contribution in [0.2, 0.25) is 0 Å². The zero-order valence-electron chi connectivity index (χ0n) is 9.74. The summed E-state index contributed by atoms with van der Waals surface area (Å²) in [6, 6.07) is 7.23. The SMILES string of the molecule is O=C(COc1cccnc1)NCc1cccnc1. The highest BCUT2D eigenvalue weighted by Crippen LogP contribution is 2.05. The van der Waals surface area contributed by atoms with Crippen LogP contribution >= 0.6 is 0 Å². The van der Waals surface area contributed by atoms with E-state index in [0.29, 0.717) is 12.3 Å². The Bertz CT molecular complexity index is 443. The standard InChI is InChI=1S/C13H13N3O2/c17-13(10-18-12-4-2-6-15-9-12)16-8-11-3-1-5-14-7-11/h1-7,9H,8,10H2,(H,16,17). The van der Waals surface area contributed by atoms with Crippen LogP contribution in [-0.2, 0) is 11.3 Å². The first-order valence-corrected chi connectivity index (χ1v) is 5.53. The third-order valence-corrected chi connectivity index (χ3v) is 2.22. The fourth-order valence-electron chi connectivity index (χ4n) is 1.34. The molecule has 92 valence electrons. The van der Waals surface area contributed by atoms with E-state index in [0.717, 1.165) is 5.56 Å². The number of amides is 1. The highest BCUT2D eigenvalue weighted by Gasteiger charge is 2.02. The molecule has 0 aromatic carbocycles. The molecule has 2 aromatic rings. The molecule has 0 spiro atoms. The van der Waals surface area contributed by atoms with Crippen molar-refractivity contribution in [2.24, 2.45) is 0 Å². The molecule has 0 aliphatic heterocycles. The van der Waals surface area contributed by atoms with Gasteiger partial charge in [-0.1, -0.05) is 6.07 Å². The first kappa shape index (κ1) is 12.0. The average molecular weight is 243 g/mol. The lowest BCUT2D eigenvalue weighted by Crippen LogP contribution is -2.28. The normalized spacial score (nSPS) is 9.78. The van der Waals surface area contributed by atoms with E-state index in [2.05, 4.69) is 15.3 Å². The van der Waals surface area contributed by atoms with Crippen LogP contribution in [0, 0.1) is 0 Å². The summed E-state index contributed by atoms with van der Waals surface area (Å²) < 4.78 is 5.27. The third kappa shape index (κ3) is 3.86. The first-order chi connectivity index (χ1) is 8.84. The Morgan fingerprint density at radius 3 is 2.61 bits per heavy atom. The maximum absolute atomic E-state index is 11.5. The van der Waals surface area contributed by atoms with Gasteiger partial charge in [-0.15, -0.1) is 0 Å². The molecule has 0 saturated heterocycles. The Balaban J connectivity index is 1.73. The molecule has 2 heterocycles. The van der Waals surface area contributed by atoms with Gasteiger partial charge in [0.05, 0.1) is 6.20 Å². The van der Waals surface area contributed by atoms with Crippen molar-refractivity contribution in [1.29, 1.82) is 0 Å². The van der Waals surface area contributed by atoms with E-state index in [9.17, 15) is 4.79 Å². The lowest BCUT2D eigenvalue weighted by Gasteiger charge is -2.06. The number of pyridine rings is 2. The predicted octanol–water partition coefficient (Wildman–Crippen LogP) is 1.17. The van der Waals surface area contributed by atoms with E-state index >= 15 is 0 Å². The van der Waals surface area contributed by atoms with Crippen molar-refractivity contribution in [2.45, 2.75) is 6.54 Å². The van der Waals surface area contributed by atoms with Gasteiger partial charge in [0.25, 0.3) is 5.91 Å². The van der Waals surface area contributed by atoms with E-state index in [1.807, 2.05) is 12.1 Å². The minimum absolute atomic E-state index is 0.0219. The van der Waals surface area contributed by atoms with Crippen molar-refractivity contribution in [2.75, 3.05) is 6.61 Å². The van der Waals surface area contributed by atoms with E-state index in [1.165, 1.54) is 0 Å². The Labute approximate surface area is 105 Å². The molecule has 18 heavy (non-hydrogen) atoms. The number of nitrogens with zero attached hydrogens (tertiary/aromatic N) is 2. The molecule has 0 bridgehead atoms. The third-order valence-electron chi connectivity index (χ3n) is 2.22. The van der Waals surface area contributed by atoms with E-state index in [4.69, 9.17) is 4.74 Å². The molecule has 0 radical (unpaired) electrons. The summed E-state index contributed by atoms with van der Waals surface area (Å²) >= 11 is 0. The Morgan fingerprint density at radius 1 is 1.17 bits per heavy atom. The van der Waals surface area contributed by atoms with Gasteiger partial charge in [-0.25, -0.2) is 0 Å². The molecular weight excluding hydrogens is 230 g/mol. The van der Waals surface area contributed by atoms with E-state index in [-0.39, 0.29) is 12.5 Å². The van der Waals surface area contributed by atoms with Gasteiger partial charge in [-0.2, -0.15) is 0 Å². The number of hydrogen-bond donors (Lipinski definition) is 1. The maximum Gasteiger partial charge on any atom is 0.258 e. The first-order valence-electron chi connectivity index (χ1n) is 5.53. The summed E-state index contributed by atoms with van der Waals surface area (Å²) in [6.07, 6.45) is 6.61. The Kier molecular flexibility index (Phi) is 4.24. The van der Waals surface area contributed by atoms with E-state index < -0.39 is 0 Å². The van der Waals surface area contributed by atoms with E-state index in [1.54, 1.807) is 36.9 Å². The highest BCUT2D eigenvalue weighted by molar-refractivity contribution is 5.77. The number of hydrogen-bond acceptors (Lipinski definition) is 4. The molecule has 0 fully saturated rings. The molecule has 1 amide bonds. The zero-order chi connectivity index (χ0) is 12.6. The monoisotopic (exact) mass is 243 g/mol. The minimum Gasteiger partial charge on any atom is -0.482 e. The molecule has 1 N–H and O–H groups in total. The summed E-state index contributed by atoms with van der Waals surface area (Å²) in [5.74, 6) is 0.400. The van der Waals surface area contributed by atoms with Gasteiger partial charge >= 0.3 is 0 Å². The van der Waals surface area contributed by atoms with Crippen molar-refractivity contribution in [3.8, 4) is 5.75 Å². The van der Waals surface area contributed by atoms with Crippen molar-refractivity contribution in [3.63, 3.8) is 0 Å². The number of carbonyl (C=O) groups is 1. The van der Waals surface area contributed by atoms with Crippen LogP contribution in [0.15, 0.2) is 49.1 Å². The summed E-state index contributed by atoms with van der Waals surface area (Å²) in [6.45, 7) is 0.426. The second-order valence-corrected chi connectivity index (χ2v) is 3.62. The van der Waals surface area contributed by atoms with Gasteiger partial charge in [0.15, 0.2) is 6.61 Å². The van der Waals surface area contributed by atoms with Gasteiger partial charge in [-0.05, 0) is 23.8 Å². The molecule has 2 rings (SSSR count). The average Bonchev–Trinajstić information content (AvgIpc) is 2.45. The van der Waals surface area contributed by atoms with Crippen molar-refractivity contribution >= 4 is 5.91 Å². The molecule has 0 saturated carbocycles. The fraction of sp³-hybridized carbons (Fsp3) is 0.154. The maximum atomic E-state index is 11.5. The number of carbonyl (C=O) groups excluding carboxylic acids is 1. The van der Waals surface area contributed by atoms with Gasteiger partial charge in [-0.3, -0.25) is 14.8 Å². The molecule has 0 unspecified atom stereocenters. The summed E-state index contributed by atoms with van der Waals surface area (Å²) in [5.41, 5.74) is 0.951. The second-order valence-electron chi connectivity index (χ2n) is 3.62. The van der Waals surface area contributed by atoms with Crippen LogP contribution in [0.4, 0.5) is 0 Å². The number of aromatic nitrogens is 2. The topological polar surface area (TPSA) is 64.1 Å². The molecular formula is C13H13N3O2. The van der Waals surface area contributed by atoms with Gasteiger partial charge in [0, 0.05) is 25.1 Å². The van der Waals surface area contributed by atoms with Gasteiger partial charge < -0.3 is 10.1 Å². The molecule has 0 aliphatic carbocycles. The van der Waals surface area contributed by atoms with Gasteiger partial charge in [0.2, 0.25) is 0 Å². The largest absolute Gasteiger partial charge is 0.482 e. The fourth-order valence-corrected chi connectivity index (χ4v) is 1.34. The van der Waals surface area contributed by atoms with Crippen LogP contribution in [0.1, 0.15) is 5.56 Å². The predicted molar refractivity (Wildman–Crippen MR) is 65.8 cm³/mol. The molecule has 2 aromatic heterocycles. The van der Waals surface area contributed by atoms with Crippen molar-refractivity contribution in [1.82, 2.24) is 15.3 Å². The zero-order valence-corrected chi connectivity index (χ0v) is 9.74. The Hall–Kier alpha value is -2.43. The van der Waals surface area contributed by atoms with Crippen LogP contribution < -0.4 is 10.1 Å². The molecule has 0 atom stereocenters. The summed E-state index contributed by atoms with van der Waals surface area (Å²) in [7, 11) is 0. The van der Waals surface area contributed by atoms with Crippen molar-refractivity contribution in [3.05, 3.63) is 54.6 Å². The number of nitrogens with one attached hydrogen (secondary N) is 1. The van der Waals surface area contributed by atoms with Gasteiger partial charge in [0.1, 0.15) is 5.75 Å². The number of ether oxygens (including phenoxy) is 1. The Morgan fingerprint density at radius 2 is 1.94 bits per heavy atom. The summed E-state index contributed by atoms with van der Waals surface area (Å²) in [4.78, 5) is 19.4. The quantitative estimate of drug-likeness (QED) is 0.856. The number of rotatable bonds is 5. The molecule has 5 nitrogen and oxygen atoms in total.